The molecule has 1 amide bonds. The molecule has 1 fully saturated rings. The molecule has 0 spiro atoms. The molecule has 4 heterocycles. The molecule has 5 rings (SSSR count). The molecule has 0 aliphatic carbocycles. The highest BCUT2D eigenvalue weighted by atomic mass is 32.3. The molecule has 2 aliphatic rings. The number of hydrogen-bond acceptors (Lipinski definition) is 10. The van der Waals surface area contributed by atoms with Gasteiger partial charge in [-0.15, -0.1) is 0 Å². The van der Waals surface area contributed by atoms with Crippen molar-refractivity contribution in [1.29, 1.82) is 0 Å². The number of pyridine rings is 1. The maximum atomic E-state index is 12.8. The van der Waals surface area contributed by atoms with Gasteiger partial charge < -0.3 is 25.4 Å². The molecule has 198 valence electrons. The van der Waals surface area contributed by atoms with Crippen molar-refractivity contribution in [2.75, 3.05) is 62.5 Å². The van der Waals surface area contributed by atoms with Crippen LogP contribution in [-0.2, 0) is 6.54 Å². The number of ether oxygens (including phenoxy) is 2. The second-order valence-electron chi connectivity index (χ2n) is 8.97. The Balaban J connectivity index is 1.38. The van der Waals surface area contributed by atoms with Crippen LogP contribution in [0, 0.1) is 0 Å². The van der Waals surface area contributed by atoms with Gasteiger partial charge in [0.25, 0.3) is 5.91 Å². The first-order chi connectivity index (χ1) is 17.8. The van der Waals surface area contributed by atoms with Crippen LogP contribution < -0.4 is 26.1 Å². The molecule has 2 aromatic heterocycles. The first kappa shape index (κ1) is 25.3. The van der Waals surface area contributed by atoms with E-state index < -0.39 is 16.5 Å². The number of fused-ring (bicyclic) bond motifs is 3. The molecule has 37 heavy (non-hydrogen) atoms. The molecule has 0 radical (unpaired) electrons. The maximum Gasteiger partial charge on any atom is 0.281 e. The predicted molar refractivity (Wildman–Crippen MR) is 142 cm³/mol. The van der Waals surface area contributed by atoms with E-state index in [0.717, 1.165) is 24.2 Å². The van der Waals surface area contributed by atoms with Gasteiger partial charge in [-0.3, -0.25) is 18.5 Å². The van der Waals surface area contributed by atoms with Gasteiger partial charge in [0.15, 0.2) is 11.5 Å². The van der Waals surface area contributed by atoms with Gasteiger partial charge in [0.2, 0.25) is 5.62 Å². The van der Waals surface area contributed by atoms with Crippen LogP contribution in [0.2, 0.25) is 0 Å². The number of anilines is 2. The Morgan fingerprint density at radius 2 is 2.03 bits per heavy atom. The summed E-state index contributed by atoms with van der Waals surface area (Å²) in [5, 5.41) is 4.20. The Morgan fingerprint density at radius 1 is 1.22 bits per heavy atom. The molecule has 12 nitrogen and oxygen atoms in total. The van der Waals surface area contributed by atoms with Crippen molar-refractivity contribution in [1.82, 2.24) is 19.4 Å². The zero-order valence-electron chi connectivity index (χ0n) is 20.6. The molecule has 5 N–H and O–H groups in total. The van der Waals surface area contributed by atoms with E-state index in [9.17, 15) is 13.9 Å². The van der Waals surface area contributed by atoms with E-state index in [1.807, 2.05) is 16.7 Å². The molecule has 0 unspecified atom stereocenters. The number of carbonyl (C=O) groups excluding carboxylic acids is 1. The molecular formula is C24H31N7O5S. The molecule has 0 saturated carbocycles. The maximum absolute atomic E-state index is 12.8. The van der Waals surface area contributed by atoms with Crippen molar-refractivity contribution in [2.45, 2.75) is 13.0 Å². The third-order valence-corrected chi connectivity index (χ3v) is 8.16. The lowest BCUT2D eigenvalue weighted by molar-refractivity contribution is 0.0996. The molecule has 0 atom stereocenters. The molecular weight excluding hydrogens is 498 g/mol. The third-order valence-electron chi connectivity index (χ3n) is 6.49. The number of nitrogens with one attached hydrogen (secondary N) is 1. The number of rotatable bonds is 7. The van der Waals surface area contributed by atoms with Crippen LogP contribution in [-0.4, -0.2) is 85.8 Å². The summed E-state index contributed by atoms with van der Waals surface area (Å²) in [6, 6.07) is 6.93. The van der Waals surface area contributed by atoms with Gasteiger partial charge in [-0.1, -0.05) is 0 Å². The monoisotopic (exact) mass is 529 g/mol. The molecule has 3 aromatic rings. The zero-order chi connectivity index (χ0) is 26.0. The van der Waals surface area contributed by atoms with E-state index in [4.69, 9.17) is 20.2 Å². The van der Waals surface area contributed by atoms with Crippen LogP contribution in [0.5, 0.6) is 11.5 Å². The number of nitrogens with zero attached hydrogens (tertiary/aromatic N) is 5. The molecule has 1 aromatic carbocycles. The fourth-order valence-electron chi connectivity index (χ4n) is 4.49. The van der Waals surface area contributed by atoms with Crippen molar-refractivity contribution >= 4 is 39.0 Å². The van der Waals surface area contributed by atoms with Crippen LogP contribution in [0.25, 0.3) is 10.9 Å². The summed E-state index contributed by atoms with van der Waals surface area (Å²) in [6.45, 7) is 3.94. The number of aromatic nitrogens is 3. The number of benzene rings is 1. The average Bonchev–Trinajstić information content (AvgIpc) is 3.38. The van der Waals surface area contributed by atoms with Gasteiger partial charge in [0, 0.05) is 44.3 Å². The summed E-state index contributed by atoms with van der Waals surface area (Å²) in [4.78, 5) is 28.0. The van der Waals surface area contributed by atoms with Crippen molar-refractivity contribution < 1.29 is 23.4 Å². The van der Waals surface area contributed by atoms with E-state index >= 15 is 0 Å². The zero-order valence-corrected chi connectivity index (χ0v) is 21.4. The molecule has 2 aliphatic heterocycles. The summed E-state index contributed by atoms with van der Waals surface area (Å²) < 4.78 is 33.2. The highest BCUT2D eigenvalue weighted by molar-refractivity contribution is 8.24. The molecule has 13 heteroatoms. The first-order valence-electron chi connectivity index (χ1n) is 12.1. The SMILES string of the molecule is COc1c(OCCCN2CCS(O)(O)CC2)ccc2c3n(c(=NC(=O)c4ccc(N)nc4)nc12)CCN3. The van der Waals surface area contributed by atoms with Gasteiger partial charge in [0.05, 0.1) is 30.8 Å². The van der Waals surface area contributed by atoms with Crippen LogP contribution in [0.4, 0.5) is 11.6 Å². The van der Waals surface area contributed by atoms with E-state index in [2.05, 4.69) is 20.2 Å². The summed E-state index contributed by atoms with van der Waals surface area (Å²) in [7, 11) is -0.832. The van der Waals surface area contributed by atoms with Crippen LogP contribution >= 0.6 is 10.6 Å². The van der Waals surface area contributed by atoms with Gasteiger partial charge in [-0.25, -0.2) is 9.97 Å². The number of nitrogens with two attached hydrogens (primary N) is 1. The molecule has 1 saturated heterocycles. The normalized spacial score (nSPS) is 18.3. The van der Waals surface area contributed by atoms with Crippen LogP contribution in [0.1, 0.15) is 16.8 Å². The highest BCUT2D eigenvalue weighted by Gasteiger charge is 2.23. The van der Waals surface area contributed by atoms with Gasteiger partial charge in [0.1, 0.15) is 17.2 Å². The Morgan fingerprint density at radius 3 is 2.76 bits per heavy atom. The summed E-state index contributed by atoms with van der Waals surface area (Å²) in [6.07, 6.45) is 2.17. The van der Waals surface area contributed by atoms with E-state index in [1.54, 1.807) is 19.2 Å². The standard InChI is InChI=1S/C24H31N7O5S/c1-35-21-18(36-12-2-8-30-10-13-37(33,34)14-11-30)5-4-17-20(21)28-24(31-9-7-26-22(17)31)29-23(32)16-3-6-19(25)27-15-16/h3-6,15,26,33-34H,2,7-14H2,1H3,(H2,25,27). The third kappa shape index (κ3) is 5.49. The number of nitrogen functional groups attached to an aromatic ring is 1. The van der Waals surface area contributed by atoms with E-state index in [1.165, 1.54) is 6.20 Å². The lowest BCUT2D eigenvalue weighted by Gasteiger charge is -2.40. The minimum Gasteiger partial charge on any atom is -0.491 e. The van der Waals surface area contributed by atoms with Crippen LogP contribution in [0.3, 0.4) is 0 Å². The average molecular weight is 530 g/mol. The number of carbonyl (C=O) groups is 1. The van der Waals surface area contributed by atoms with Gasteiger partial charge >= 0.3 is 0 Å². The Hall–Kier alpha value is -3.39. The predicted octanol–water partition coefficient (Wildman–Crippen LogP) is 2.02. The highest BCUT2D eigenvalue weighted by Crippen LogP contribution is 2.40. The summed E-state index contributed by atoms with van der Waals surface area (Å²) in [5.41, 5.74) is 6.76. The Bertz CT molecular complexity index is 1370. The lowest BCUT2D eigenvalue weighted by atomic mass is 10.2. The largest absolute Gasteiger partial charge is 0.491 e. The fourth-order valence-corrected chi connectivity index (χ4v) is 5.80. The van der Waals surface area contributed by atoms with Crippen LogP contribution in [0.15, 0.2) is 35.5 Å². The summed E-state index contributed by atoms with van der Waals surface area (Å²) in [5.74, 6) is 2.56. The second kappa shape index (κ2) is 10.5. The Labute approximate surface area is 215 Å². The number of hydrogen-bond donors (Lipinski definition) is 4. The van der Waals surface area contributed by atoms with Crippen molar-refractivity contribution in [3.8, 4) is 11.5 Å². The first-order valence-corrected chi connectivity index (χ1v) is 14.0. The Kier molecular flexibility index (Phi) is 7.20. The van der Waals surface area contributed by atoms with Gasteiger partial charge in [-0.05, 0) is 30.7 Å². The minimum atomic E-state index is -2.39. The summed E-state index contributed by atoms with van der Waals surface area (Å²) >= 11 is 0. The molecule has 0 bridgehead atoms. The minimum absolute atomic E-state index is 0.265. The number of methoxy groups -OCH3 is 1. The van der Waals surface area contributed by atoms with Crippen molar-refractivity contribution in [3.05, 3.63) is 41.6 Å². The second-order valence-corrected chi connectivity index (χ2v) is 11.4. The van der Waals surface area contributed by atoms with Crippen molar-refractivity contribution in [2.24, 2.45) is 4.99 Å². The van der Waals surface area contributed by atoms with E-state index in [-0.39, 0.29) is 5.62 Å². The van der Waals surface area contributed by atoms with Crippen molar-refractivity contribution in [3.63, 3.8) is 0 Å². The smallest absolute Gasteiger partial charge is 0.281 e. The van der Waals surface area contributed by atoms with E-state index in [0.29, 0.717) is 72.7 Å². The fraction of sp³-hybridized carbons (Fsp3) is 0.417. The van der Waals surface area contributed by atoms with Gasteiger partial charge in [-0.2, -0.15) is 15.6 Å². The lowest BCUT2D eigenvalue weighted by Crippen LogP contribution is -2.39. The quantitative estimate of drug-likeness (QED) is 0.333. The topological polar surface area (TPSA) is 160 Å². The number of amides is 1.